The maximum Gasteiger partial charge on any atom is 0.269 e. The molecule has 28 heavy (non-hydrogen) atoms. The zero-order valence-corrected chi connectivity index (χ0v) is 15.5. The van der Waals surface area contributed by atoms with Crippen molar-refractivity contribution >= 4 is 23.2 Å². The number of benzene rings is 3. The maximum absolute atomic E-state index is 12.4. The molecular formula is C21H17ClN2O4. The van der Waals surface area contributed by atoms with E-state index < -0.39 is 4.92 Å². The first-order chi connectivity index (χ1) is 13.5. The molecular weight excluding hydrogens is 380 g/mol. The van der Waals surface area contributed by atoms with Gasteiger partial charge in [0, 0.05) is 17.2 Å². The average molecular weight is 397 g/mol. The van der Waals surface area contributed by atoms with E-state index in [0.29, 0.717) is 10.8 Å². The Kier molecular flexibility index (Phi) is 6.24. The molecule has 7 heteroatoms. The van der Waals surface area contributed by atoms with Crippen LogP contribution in [0.5, 0.6) is 5.75 Å². The minimum Gasteiger partial charge on any atom is -0.484 e. The second-order valence-electron chi connectivity index (χ2n) is 6.00. The molecule has 0 saturated carbocycles. The number of hydrogen-bond acceptors (Lipinski definition) is 4. The van der Waals surface area contributed by atoms with Gasteiger partial charge in [-0.05, 0) is 35.4 Å². The molecule has 3 aromatic carbocycles. The lowest BCUT2D eigenvalue weighted by Crippen LogP contribution is -2.33. The van der Waals surface area contributed by atoms with Gasteiger partial charge >= 0.3 is 0 Å². The summed E-state index contributed by atoms with van der Waals surface area (Å²) in [5.74, 6) is 0.0608. The van der Waals surface area contributed by atoms with Gasteiger partial charge in [0.2, 0.25) is 0 Å². The molecule has 3 rings (SSSR count). The van der Waals surface area contributed by atoms with Crippen LogP contribution in [0, 0.1) is 10.1 Å². The number of ether oxygens (including phenoxy) is 1. The van der Waals surface area contributed by atoms with E-state index in [-0.39, 0.29) is 24.2 Å². The van der Waals surface area contributed by atoms with Gasteiger partial charge in [0.25, 0.3) is 11.6 Å². The van der Waals surface area contributed by atoms with E-state index >= 15 is 0 Å². The second-order valence-corrected chi connectivity index (χ2v) is 6.44. The highest BCUT2D eigenvalue weighted by Gasteiger charge is 2.17. The van der Waals surface area contributed by atoms with E-state index in [1.54, 1.807) is 12.1 Å². The average Bonchev–Trinajstić information content (AvgIpc) is 2.72. The Morgan fingerprint density at radius 2 is 1.57 bits per heavy atom. The highest BCUT2D eigenvalue weighted by Crippen LogP contribution is 2.23. The predicted octanol–water partition coefficient (Wildman–Crippen LogP) is 4.53. The number of rotatable bonds is 7. The van der Waals surface area contributed by atoms with Gasteiger partial charge in [0.15, 0.2) is 6.61 Å². The van der Waals surface area contributed by atoms with Crippen molar-refractivity contribution in [2.24, 2.45) is 0 Å². The first-order valence-electron chi connectivity index (χ1n) is 8.50. The number of nitrogens with one attached hydrogen (secondary N) is 1. The predicted molar refractivity (Wildman–Crippen MR) is 106 cm³/mol. The number of nitrogens with zero attached hydrogens (tertiary/aromatic N) is 1. The zero-order valence-electron chi connectivity index (χ0n) is 14.7. The highest BCUT2D eigenvalue weighted by molar-refractivity contribution is 6.30. The third-order valence-corrected chi connectivity index (χ3v) is 4.31. The van der Waals surface area contributed by atoms with Gasteiger partial charge in [0.1, 0.15) is 5.75 Å². The Hall–Kier alpha value is -3.38. The van der Waals surface area contributed by atoms with Gasteiger partial charge < -0.3 is 10.1 Å². The summed E-state index contributed by atoms with van der Waals surface area (Å²) in [6.07, 6.45) is 0. The van der Waals surface area contributed by atoms with Crippen molar-refractivity contribution < 1.29 is 14.5 Å². The number of nitro groups is 1. The molecule has 0 aliphatic heterocycles. The molecule has 1 atom stereocenters. The van der Waals surface area contributed by atoms with Crippen molar-refractivity contribution in [2.75, 3.05) is 6.61 Å². The van der Waals surface area contributed by atoms with Gasteiger partial charge in [-0.2, -0.15) is 0 Å². The first kappa shape index (κ1) is 19.4. The Morgan fingerprint density at radius 1 is 0.964 bits per heavy atom. The quantitative estimate of drug-likeness (QED) is 0.469. The molecule has 0 heterocycles. The molecule has 142 valence electrons. The van der Waals surface area contributed by atoms with Crippen LogP contribution in [0.1, 0.15) is 17.2 Å². The van der Waals surface area contributed by atoms with Crippen LogP contribution in [0.4, 0.5) is 5.69 Å². The smallest absolute Gasteiger partial charge is 0.269 e. The van der Waals surface area contributed by atoms with Crippen molar-refractivity contribution in [1.82, 2.24) is 5.32 Å². The van der Waals surface area contributed by atoms with E-state index in [1.807, 2.05) is 42.5 Å². The summed E-state index contributed by atoms with van der Waals surface area (Å²) < 4.78 is 5.44. The van der Waals surface area contributed by atoms with Gasteiger partial charge in [-0.1, -0.05) is 54.1 Å². The molecule has 1 unspecified atom stereocenters. The molecule has 0 radical (unpaired) electrons. The molecule has 0 aliphatic carbocycles. The number of carbonyl (C=O) groups excluding carboxylic acids is 1. The summed E-state index contributed by atoms with van der Waals surface area (Å²) in [6, 6.07) is 22.0. The van der Waals surface area contributed by atoms with Crippen LogP contribution < -0.4 is 10.1 Å². The van der Waals surface area contributed by atoms with Crippen LogP contribution in [-0.4, -0.2) is 17.4 Å². The fourth-order valence-electron chi connectivity index (χ4n) is 2.68. The first-order valence-corrected chi connectivity index (χ1v) is 8.88. The Bertz CT molecular complexity index is 944. The van der Waals surface area contributed by atoms with Crippen LogP contribution in [0.15, 0.2) is 78.9 Å². The Balaban J connectivity index is 1.69. The summed E-state index contributed by atoms with van der Waals surface area (Å²) in [5, 5.41) is 14.3. The summed E-state index contributed by atoms with van der Waals surface area (Å²) >= 11 is 5.97. The zero-order chi connectivity index (χ0) is 19.9. The number of carbonyl (C=O) groups is 1. The summed E-state index contributed by atoms with van der Waals surface area (Å²) in [4.78, 5) is 22.6. The van der Waals surface area contributed by atoms with E-state index in [2.05, 4.69) is 5.32 Å². The number of hydrogen-bond donors (Lipinski definition) is 1. The van der Waals surface area contributed by atoms with Crippen molar-refractivity contribution in [1.29, 1.82) is 0 Å². The van der Waals surface area contributed by atoms with Gasteiger partial charge in [-0.3, -0.25) is 14.9 Å². The monoisotopic (exact) mass is 396 g/mol. The summed E-state index contributed by atoms with van der Waals surface area (Å²) in [6.45, 7) is -0.214. The fraction of sp³-hybridized carbons (Fsp3) is 0.0952. The summed E-state index contributed by atoms with van der Waals surface area (Å²) in [5.41, 5.74) is 1.77. The van der Waals surface area contributed by atoms with Gasteiger partial charge in [-0.15, -0.1) is 0 Å². The SMILES string of the molecule is O=C(COc1ccc([N+](=O)[O-])cc1)NC(c1ccccc1)c1ccc(Cl)cc1. The number of amides is 1. The van der Waals surface area contributed by atoms with Crippen LogP contribution in [0.25, 0.3) is 0 Å². The van der Waals surface area contributed by atoms with Crippen LogP contribution in [-0.2, 0) is 4.79 Å². The molecule has 0 aromatic heterocycles. The molecule has 0 spiro atoms. The minimum absolute atomic E-state index is 0.0383. The van der Waals surface area contributed by atoms with E-state index in [1.165, 1.54) is 24.3 Å². The van der Waals surface area contributed by atoms with E-state index in [0.717, 1.165) is 11.1 Å². The highest BCUT2D eigenvalue weighted by atomic mass is 35.5. The Morgan fingerprint density at radius 3 is 2.18 bits per heavy atom. The number of nitro benzene ring substituents is 1. The molecule has 0 aliphatic rings. The third-order valence-electron chi connectivity index (χ3n) is 4.06. The molecule has 6 nitrogen and oxygen atoms in total. The van der Waals surface area contributed by atoms with Crippen molar-refractivity contribution in [2.45, 2.75) is 6.04 Å². The molecule has 0 fully saturated rings. The molecule has 3 aromatic rings. The van der Waals surface area contributed by atoms with Crippen molar-refractivity contribution in [3.63, 3.8) is 0 Å². The summed E-state index contributed by atoms with van der Waals surface area (Å²) in [7, 11) is 0. The Labute approximate surface area is 166 Å². The molecule has 1 amide bonds. The molecule has 0 bridgehead atoms. The number of non-ortho nitro benzene ring substituents is 1. The van der Waals surface area contributed by atoms with Gasteiger partial charge in [-0.25, -0.2) is 0 Å². The van der Waals surface area contributed by atoms with E-state index in [4.69, 9.17) is 16.3 Å². The molecule has 1 N–H and O–H groups in total. The topological polar surface area (TPSA) is 81.5 Å². The number of halogens is 1. The minimum atomic E-state index is -0.493. The standard InChI is InChI=1S/C21H17ClN2O4/c22-17-8-6-16(7-9-17)21(15-4-2-1-3-5-15)23-20(25)14-28-19-12-10-18(11-13-19)24(26)27/h1-13,21H,14H2,(H,23,25). The van der Waals surface area contributed by atoms with Crippen LogP contribution >= 0.6 is 11.6 Å². The van der Waals surface area contributed by atoms with Gasteiger partial charge in [0.05, 0.1) is 11.0 Å². The van der Waals surface area contributed by atoms with Crippen molar-refractivity contribution in [3.05, 3.63) is 105 Å². The lowest BCUT2D eigenvalue weighted by atomic mass is 9.99. The molecule has 0 saturated heterocycles. The third kappa shape index (κ3) is 5.08. The maximum atomic E-state index is 12.4. The van der Waals surface area contributed by atoms with Crippen LogP contribution in [0.2, 0.25) is 5.02 Å². The largest absolute Gasteiger partial charge is 0.484 e. The fourth-order valence-corrected chi connectivity index (χ4v) is 2.80. The second kappa shape index (κ2) is 9.01. The normalized spacial score (nSPS) is 11.5. The van der Waals surface area contributed by atoms with Crippen molar-refractivity contribution in [3.8, 4) is 5.75 Å². The lowest BCUT2D eigenvalue weighted by Gasteiger charge is -2.20. The lowest BCUT2D eigenvalue weighted by molar-refractivity contribution is -0.384. The van der Waals surface area contributed by atoms with Crippen LogP contribution in [0.3, 0.4) is 0 Å². The van der Waals surface area contributed by atoms with E-state index in [9.17, 15) is 14.9 Å².